The zero-order valence-corrected chi connectivity index (χ0v) is 10.6. The van der Waals surface area contributed by atoms with Gasteiger partial charge in [-0.2, -0.15) is 13.2 Å². The first-order valence-corrected chi connectivity index (χ1v) is 5.83. The number of benzene rings is 2. The van der Waals surface area contributed by atoms with Crippen molar-refractivity contribution in [2.75, 3.05) is 0 Å². The molecule has 0 aliphatic rings. The summed E-state index contributed by atoms with van der Waals surface area (Å²) < 4.78 is 52.1. The van der Waals surface area contributed by atoms with Gasteiger partial charge < -0.3 is 0 Å². The maximum atomic E-state index is 14.0. The summed E-state index contributed by atoms with van der Waals surface area (Å²) in [5.41, 5.74) is -1.28. The number of hydrogen-bond donors (Lipinski definition) is 0. The lowest BCUT2D eigenvalue weighted by Gasteiger charge is -2.12. The number of hydrogen-bond acceptors (Lipinski definition) is 1. The molecular weight excluding hydrogens is 296 g/mol. The van der Waals surface area contributed by atoms with Gasteiger partial charge in [-0.1, -0.05) is 35.9 Å². The molecule has 0 N–H and O–H groups in total. The Morgan fingerprint density at radius 2 is 1.70 bits per heavy atom. The van der Waals surface area contributed by atoms with Crippen LogP contribution in [-0.4, -0.2) is 6.29 Å². The van der Waals surface area contributed by atoms with E-state index < -0.39 is 22.6 Å². The summed E-state index contributed by atoms with van der Waals surface area (Å²) in [4.78, 5) is 10.9. The van der Waals surface area contributed by atoms with E-state index in [1.165, 1.54) is 24.3 Å². The SMILES string of the molecule is O=Cc1ccccc1-c1cc(C(F)(F)F)cc(Cl)c1F. The molecule has 2 rings (SSSR count). The molecule has 20 heavy (non-hydrogen) atoms. The monoisotopic (exact) mass is 302 g/mol. The Hall–Kier alpha value is -1.88. The lowest BCUT2D eigenvalue weighted by molar-refractivity contribution is -0.137. The largest absolute Gasteiger partial charge is 0.416 e. The van der Waals surface area contributed by atoms with Crippen LogP contribution in [0.4, 0.5) is 17.6 Å². The smallest absolute Gasteiger partial charge is 0.298 e. The fourth-order valence-corrected chi connectivity index (χ4v) is 2.01. The first kappa shape index (κ1) is 14.5. The number of halogens is 5. The molecule has 104 valence electrons. The molecule has 0 aliphatic carbocycles. The quantitative estimate of drug-likeness (QED) is 0.565. The summed E-state index contributed by atoms with van der Waals surface area (Å²) in [6, 6.07) is 6.93. The van der Waals surface area contributed by atoms with E-state index in [9.17, 15) is 22.4 Å². The van der Waals surface area contributed by atoms with Crippen LogP contribution in [0.25, 0.3) is 11.1 Å². The molecular formula is C14H7ClF4O. The van der Waals surface area contributed by atoms with Gasteiger partial charge in [0.1, 0.15) is 5.82 Å². The second kappa shape index (κ2) is 5.25. The molecule has 0 radical (unpaired) electrons. The topological polar surface area (TPSA) is 17.1 Å². The zero-order valence-electron chi connectivity index (χ0n) is 9.84. The molecule has 2 aromatic rings. The normalized spacial score (nSPS) is 11.4. The van der Waals surface area contributed by atoms with Gasteiger partial charge in [0, 0.05) is 11.1 Å². The van der Waals surface area contributed by atoms with Crippen molar-refractivity contribution in [3.63, 3.8) is 0 Å². The van der Waals surface area contributed by atoms with Crippen molar-refractivity contribution in [2.45, 2.75) is 6.18 Å². The number of carbonyl (C=O) groups is 1. The Bertz CT molecular complexity index is 665. The third-order valence-corrected chi connectivity index (χ3v) is 3.01. The second-order valence-corrected chi connectivity index (χ2v) is 4.43. The Morgan fingerprint density at radius 3 is 2.30 bits per heavy atom. The van der Waals surface area contributed by atoms with Crippen LogP contribution in [0, 0.1) is 5.82 Å². The third-order valence-electron chi connectivity index (χ3n) is 2.73. The Morgan fingerprint density at radius 1 is 1.05 bits per heavy atom. The van der Waals surface area contributed by atoms with Gasteiger partial charge in [0.05, 0.1) is 10.6 Å². The summed E-state index contributed by atoms with van der Waals surface area (Å²) >= 11 is 5.51. The highest BCUT2D eigenvalue weighted by Crippen LogP contribution is 2.37. The summed E-state index contributed by atoms with van der Waals surface area (Å²) in [5.74, 6) is -0.992. The average molecular weight is 303 g/mol. The van der Waals surface area contributed by atoms with Crippen LogP contribution in [0.1, 0.15) is 15.9 Å². The molecule has 0 saturated carbocycles. The number of carbonyl (C=O) groups excluding carboxylic acids is 1. The molecule has 0 spiro atoms. The van der Waals surface area contributed by atoms with Gasteiger partial charge in [0.2, 0.25) is 0 Å². The first-order chi connectivity index (χ1) is 9.34. The molecule has 6 heteroatoms. The minimum atomic E-state index is -4.65. The summed E-state index contributed by atoms with van der Waals surface area (Å²) in [7, 11) is 0. The second-order valence-electron chi connectivity index (χ2n) is 4.02. The van der Waals surface area contributed by atoms with Crippen molar-refractivity contribution in [1.29, 1.82) is 0 Å². The van der Waals surface area contributed by atoms with E-state index in [4.69, 9.17) is 11.6 Å². The van der Waals surface area contributed by atoms with Crippen LogP contribution < -0.4 is 0 Å². The van der Waals surface area contributed by atoms with E-state index in [-0.39, 0.29) is 16.7 Å². The molecule has 0 unspecified atom stereocenters. The number of rotatable bonds is 2. The van der Waals surface area contributed by atoms with E-state index >= 15 is 0 Å². The molecule has 0 fully saturated rings. The molecule has 1 nitrogen and oxygen atoms in total. The van der Waals surface area contributed by atoms with Gasteiger partial charge in [0.15, 0.2) is 6.29 Å². The highest BCUT2D eigenvalue weighted by Gasteiger charge is 2.32. The van der Waals surface area contributed by atoms with Gasteiger partial charge in [-0.05, 0) is 17.7 Å². The van der Waals surface area contributed by atoms with Crippen molar-refractivity contribution < 1.29 is 22.4 Å². The van der Waals surface area contributed by atoms with Gasteiger partial charge in [-0.15, -0.1) is 0 Å². The van der Waals surface area contributed by atoms with Crippen LogP contribution in [0.5, 0.6) is 0 Å². The molecule has 0 aromatic heterocycles. The van der Waals surface area contributed by atoms with Gasteiger partial charge in [-0.25, -0.2) is 4.39 Å². The Balaban J connectivity index is 2.73. The van der Waals surface area contributed by atoms with Gasteiger partial charge in [-0.3, -0.25) is 4.79 Å². The van der Waals surface area contributed by atoms with Crippen LogP contribution in [-0.2, 0) is 6.18 Å². The molecule has 0 heterocycles. The van der Waals surface area contributed by atoms with Crippen LogP contribution in [0.15, 0.2) is 36.4 Å². The minimum absolute atomic E-state index is 0.0630. The van der Waals surface area contributed by atoms with Gasteiger partial charge >= 0.3 is 6.18 Å². The Labute approximate surface area is 116 Å². The molecule has 2 aromatic carbocycles. The summed E-state index contributed by atoms with van der Waals surface area (Å²) in [6.07, 6.45) is -4.20. The summed E-state index contributed by atoms with van der Waals surface area (Å²) in [5, 5.41) is -0.643. The van der Waals surface area contributed by atoms with Crippen LogP contribution in [0.2, 0.25) is 5.02 Å². The van der Waals surface area contributed by atoms with Crippen molar-refractivity contribution in [3.8, 4) is 11.1 Å². The molecule has 0 saturated heterocycles. The number of aldehydes is 1. The van der Waals surface area contributed by atoms with Crippen molar-refractivity contribution >= 4 is 17.9 Å². The maximum Gasteiger partial charge on any atom is 0.416 e. The van der Waals surface area contributed by atoms with E-state index in [1.54, 1.807) is 0 Å². The maximum absolute atomic E-state index is 14.0. The van der Waals surface area contributed by atoms with Crippen molar-refractivity contribution in [1.82, 2.24) is 0 Å². The van der Waals surface area contributed by atoms with E-state index in [0.717, 1.165) is 0 Å². The molecule has 0 amide bonds. The lowest BCUT2D eigenvalue weighted by atomic mass is 9.98. The van der Waals surface area contributed by atoms with E-state index in [1.807, 2.05) is 0 Å². The number of alkyl halides is 3. The van der Waals surface area contributed by atoms with Crippen LogP contribution >= 0.6 is 11.6 Å². The zero-order chi connectivity index (χ0) is 14.9. The highest BCUT2D eigenvalue weighted by atomic mass is 35.5. The van der Waals surface area contributed by atoms with E-state index in [2.05, 4.69) is 0 Å². The van der Waals surface area contributed by atoms with Crippen molar-refractivity contribution in [2.24, 2.45) is 0 Å². The predicted octanol–water partition coefficient (Wildman–Crippen LogP) is 4.98. The lowest BCUT2D eigenvalue weighted by Crippen LogP contribution is -2.06. The minimum Gasteiger partial charge on any atom is -0.298 e. The molecule has 0 aliphatic heterocycles. The third kappa shape index (κ3) is 2.67. The Kier molecular flexibility index (Phi) is 3.81. The van der Waals surface area contributed by atoms with Crippen molar-refractivity contribution in [3.05, 3.63) is 58.4 Å². The summed E-state index contributed by atoms with van der Waals surface area (Å²) in [6.45, 7) is 0. The average Bonchev–Trinajstić information content (AvgIpc) is 2.40. The molecule has 0 bridgehead atoms. The fraction of sp³-hybridized carbons (Fsp3) is 0.0714. The van der Waals surface area contributed by atoms with E-state index in [0.29, 0.717) is 18.4 Å². The predicted molar refractivity (Wildman–Crippen MR) is 67.2 cm³/mol. The van der Waals surface area contributed by atoms with Crippen LogP contribution in [0.3, 0.4) is 0 Å². The first-order valence-electron chi connectivity index (χ1n) is 5.45. The van der Waals surface area contributed by atoms with Gasteiger partial charge in [0.25, 0.3) is 0 Å². The standard InChI is InChI=1S/C14H7ClF4O/c15-12-6-9(14(17,18)19)5-11(13(12)16)10-4-2-1-3-8(10)7-20/h1-7H. The fourth-order valence-electron chi connectivity index (χ4n) is 1.79. The molecule has 0 atom stereocenters. The highest BCUT2D eigenvalue weighted by molar-refractivity contribution is 6.31.